The Balaban J connectivity index is 1.35. The molecule has 2 aromatic rings. The second-order valence-electron chi connectivity index (χ2n) is 7.72. The van der Waals surface area contributed by atoms with Gasteiger partial charge < -0.3 is 24.6 Å². The minimum Gasteiger partial charge on any atom is -0.472 e. The highest BCUT2D eigenvalue weighted by atomic mass is 16.5. The van der Waals surface area contributed by atoms with Crippen molar-refractivity contribution in [3.05, 3.63) is 53.7 Å². The molecule has 2 aliphatic heterocycles. The van der Waals surface area contributed by atoms with Gasteiger partial charge in [-0.3, -0.25) is 4.79 Å². The Bertz CT molecular complexity index is 912. The first kappa shape index (κ1) is 21.1. The molecule has 3 heterocycles. The Hall–Kier alpha value is -3.13. The summed E-state index contributed by atoms with van der Waals surface area (Å²) in [7, 11) is 0. The summed E-state index contributed by atoms with van der Waals surface area (Å²) in [5.74, 6) is 0.218. The van der Waals surface area contributed by atoms with Gasteiger partial charge in [-0.15, -0.1) is 0 Å². The number of aryl methyl sites for hydroxylation is 1. The molecule has 3 amide bonds. The molecule has 0 aliphatic carbocycles. The van der Waals surface area contributed by atoms with Crippen LogP contribution in [0.25, 0.3) is 0 Å². The third kappa shape index (κ3) is 5.14. The Kier molecular flexibility index (Phi) is 6.66. The lowest BCUT2D eigenvalue weighted by Gasteiger charge is -2.27. The molecule has 2 aliphatic rings. The van der Waals surface area contributed by atoms with Crippen LogP contribution in [-0.4, -0.2) is 72.2 Å². The number of urea groups is 1. The average molecular weight is 425 g/mol. The third-order valence-corrected chi connectivity index (χ3v) is 5.62. The van der Waals surface area contributed by atoms with Crippen LogP contribution in [0.1, 0.15) is 29.3 Å². The number of likely N-dealkylation sites (tertiary alicyclic amines) is 1. The Morgan fingerprint density at radius 3 is 2.65 bits per heavy atom. The number of carbonyl (C=O) groups excluding carboxylic acids is 2. The molecule has 1 atom stereocenters. The molecule has 0 saturated carbocycles. The number of nitrogens with one attached hydrogen (secondary N) is 1. The van der Waals surface area contributed by atoms with Crippen molar-refractivity contribution in [2.45, 2.75) is 25.9 Å². The number of anilines is 1. The van der Waals surface area contributed by atoms with E-state index in [-0.39, 0.29) is 18.0 Å². The van der Waals surface area contributed by atoms with Gasteiger partial charge in [0.25, 0.3) is 5.91 Å². The number of benzene rings is 1. The lowest BCUT2D eigenvalue weighted by molar-refractivity contribution is 0.0298. The average Bonchev–Trinajstić information content (AvgIpc) is 3.29. The van der Waals surface area contributed by atoms with Crippen molar-refractivity contribution < 1.29 is 19.1 Å². The zero-order chi connectivity index (χ0) is 21.6. The smallest absolute Gasteiger partial charge is 0.321 e. The molecule has 0 bridgehead atoms. The number of carbonyl (C=O) groups is 2. The van der Waals surface area contributed by atoms with Crippen LogP contribution in [0, 0.1) is 0 Å². The van der Waals surface area contributed by atoms with Crippen molar-refractivity contribution in [1.82, 2.24) is 14.8 Å². The number of morpholine rings is 1. The van der Waals surface area contributed by atoms with Gasteiger partial charge in [-0.05, 0) is 36.2 Å². The topological polar surface area (TPSA) is 84.0 Å². The molecule has 8 nitrogen and oxygen atoms in total. The van der Waals surface area contributed by atoms with Gasteiger partial charge in [-0.2, -0.15) is 0 Å². The first-order chi connectivity index (χ1) is 15.1. The summed E-state index contributed by atoms with van der Waals surface area (Å²) in [6.07, 6.45) is 3.05. The van der Waals surface area contributed by atoms with E-state index < -0.39 is 0 Å². The summed E-state index contributed by atoms with van der Waals surface area (Å²) in [4.78, 5) is 33.3. The van der Waals surface area contributed by atoms with E-state index in [1.54, 1.807) is 28.1 Å². The summed E-state index contributed by atoms with van der Waals surface area (Å²) >= 11 is 0. The van der Waals surface area contributed by atoms with E-state index in [1.165, 1.54) is 5.56 Å². The first-order valence-corrected chi connectivity index (χ1v) is 10.8. The molecule has 1 N–H and O–H groups in total. The molecule has 164 valence electrons. The fraction of sp³-hybridized carbons (Fsp3) is 0.435. The lowest BCUT2D eigenvalue weighted by atomic mass is 10.1. The Labute approximate surface area is 182 Å². The molecule has 0 radical (unpaired) electrons. The number of ether oxygens (including phenoxy) is 2. The van der Waals surface area contributed by atoms with Gasteiger partial charge >= 0.3 is 6.03 Å². The molecule has 4 rings (SSSR count). The van der Waals surface area contributed by atoms with E-state index in [0.717, 1.165) is 12.1 Å². The molecular formula is C23H28N4O4. The number of hydrogen-bond donors (Lipinski definition) is 1. The maximum atomic E-state index is 12.9. The predicted octanol–water partition coefficient (Wildman–Crippen LogP) is 2.80. The second-order valence-corrected chi connectivity index (χ2v) is 7.72. The SMILES string of the molecule is CCc1ccc(NC(=O)N2CCC(Oc3ncccc3C(=O)N3CCOCC3)C2)cc1. The third-order valence-electron chi connectivity index (χ3n) is 5.62. The van der Waals surface area contributed by atoms with Gasteiger partial charge in [0.1, 0.15) is 11.7 Å². The fourth-order valence-corrected chi connectivity index (χ4v) is 3.78. The van der Waals surface area contributed by atoms with Crippen LogP contribution in [0.4, 0.5) is 10.5 Å². The van der Waals surface area contributed by atoms with E-state index in [4.69, 9.17) is 9.47 Å². The van der Waals surface area contributed by atoms with Gasteiger partial charge in [0, 0.05) is 37.9 Å². The highest BCUT2D eigenvalue weighted by Crippen LogP contribution is 2.23. The molecule has 1 aromatic heterocycles. The predicted molar refractivity (Wildman–Crippen MR) is 116 cm³/mol. The Morgan fingerprint density at radius 2 is 1.90 bits per heavy atom. The highest BCUT2D eigenvalue weighted by Gasteiger charge is 2.30. The molecule has 2 saturated heterocycles. The summed E-state index contributed by atoms with van der Waals surface area (Å²) in [5.41, 5.74) is 2.45. The number of rotatable bonds is 5. The van der Waals surface area contributed by atoms with Gasteiger partial charge in [-0.1, -0.05) is 19.1 Å². The van der Waals surface area contributed by atoms with Crippen LogP contribution in [0.3, 0.4) is 0 Å². The number of amides is 3. The number of aromatic nitrogens is 1. The van der Waals surface area contributed by atoms with E-state index >= 15 is 0 Å². The minimum absolute atomic E-state index is 0.102. The van der Waals surface area contributed by atoms with Crippen LogP contribution >= 0.6 is 0 Å². The Morgan fingerprint density at radius 1 is 1.13 bits per heavy atom. The maximum Gasteiger partial charge on any atom is 0.321 e. The van der Waals surface area contributed by atoms with Gasteiger partial charge in [0.15, 0.2) is 0 Å². The molecule has 8 heteroatoms. The number of hydrogen-bond acceptors (Lipinski definition) is 5. The lowest BCUT2D eigenvalue weighted by Crippen LogP contribution is -2.41. The monoisotopic (exact) mass is 424 g/mol. The minimum atomic E-state index is -0.209. The van der Waals surface area contributed by atoms with Crippen LogP contribution in [-0.2, 0) is 11.2 Å². The summed E-state index contributed by atoms with van der Waals surface area (Å²) in [5, 5.41) is 2.94. The first-order valence-electron chi connectivity index (χ1n) is 10.8. The van der Waals surface area contributed by atoms with E-state index in [0.29, 0.717) is 57.3 Å². The van der Waals surface area contributed by atoms with Crippen molar-refractivity contribution in [1.29, 1.82) is 0 Å². The van der Waals surface area contributed by atoms with E-state index in [1.807, 2.05) is 24.3 Å². The summed E-state index contributed by atoms with van der Waals surface area (Å²) in [6, 6.07) is 11.2. The van der Waals surface area contributed by atoms with Crippen molar-refractivity contribution in [3.63, 3.8) is 0 Å². The van der Waals surface area contributed by atoms with Gasteiger partial charge in [0.2, 0.25) is 5.88 Å². The molecule has 2 fully saturated rings. The van der Waals surface area contributed by atoms with Crippen molar-refractivity contribution in [2.75, 3.05) is 44.7 Å². The van der Waals surface area contributed by atoms with E-state index in [2.05, 4.69) is 17.2 Å². The van der Waals surface area contributed by atoms with E-state index in [9.17, 15) is 9.59 Å². The summed E-state index contributed by atoms with van der Waals surface area (Å²) < 4.78 is 11.4. The van der Waals surface area contributed by atoms with Crippen molar-refractivity contribution in [2.24, 2.45) is 0 Å². The zero-order valence-electron chi connectivity index (χ0n) is 17.8. The van der Waals surface area contributed by atoms with Crippen molar-refractivity contribution in [3.8, 4) is 5.88 Å². The van der Waals surface area contributed by atoms with Crippen LogP contribution < -0.4 is 10.1 Å². The summed E-state index contributed by atoms with van der Waals surface area (Å²) in [6.45, 7) is 5.32. The van der Waals surface area contributed by atoms with Gasteiger partial charge in [-0.25, -0.2) is 9.78 Å². The fourth-order valence-electron chi connectivity index (χ4n) is 3.78. The van der Waals surface area contributed by atoms with Gasteiger partial charge in [0.05, 0.1) is 19.8 Å². The maximum absolute atomic E-state index is 12.9. The van der Waals surface area contributed by atoms with Crippen LogP contribution in [0.15, 0.2) is 42.6 Å². The largest absolute Gasteiger partial charge is 0.472 e. The van der Waals surface area contributed by atoms with Crippen LogP contribution in [0.2, 0.25) is 0 Å². The molecular weight excluding hydrogens is 396 g/mol. The molecule has 1 aromatic carbocycles. The standard InChI is InChI=1S/C23H28N4O4/c1-2-17-5-7-18(8-6-17)25-23(29)27-11-9-19(16-27)31-21-20(4-3-10-24-21)22(28)26-12-14-30-15-13-26/h3-8,10,19H,2,9,11-16H2,1H3,(H,25,29). The normalized spacial score (nSPS) is 18.7. The number of nitrogens with zero attached hydrogens (tertiary/aromatic N) is 3. The van der Waals surface area contributed by atoms with Crippen LogP contribution in [0.5, 0.6) is 5.88 Å². The molecule has 0 spiro atoms. The molecule has 1 unspecified atom stereocenters. The van der Waals surface area contributed by atoms with Crippen molar-refractivity contribution >= 4 is 17.6 Å². The number of pyridine rings is 1. The second kappa shape index (κ2) is 9.78. The molecule has 31 heavy (non-hydrogen) atoms. The quantitative estimate of drug-likeness (QED) is 0.798. The zero-order valence-corrected chi connectivity index (χ0v) is 17.8. The highest BCUT2D eigenvalue weighted by molar-refractivity contribution is 5.96.